The van der Waals surface area contributed by atoms with Crippen LogP contribution in [0.25, 0.3) is 0 Å². The predicted molar refractivity (Wildman–Crippen MR) is 140 cm³/mol. The van der Waals surface area contributed by atoms with Crippen LogP contribution < -0.4 is 10.0 Å². The lowest BCUT2D eigenvalue weighted by Crippen LogP contribution is -2.43. The first-order valence-corrected chi connectivity index (χ1v) is 14.7. The summed E-state index contributed by atoms with van der Waals surface area (Å²) in [7, 11) is -8.82. The number of hydrogen-bond donors (Lipinski definition) is 2. The molecule has 3 rings (SSSR count). The van der Waals surface area contributed by atoms with Crippen LogP contribution in [0.3, 0.4) is 0 Å². The first-order valence-electron chi connectivity index (χ1n) is 11.7. The highest BCUT2D eigenvalue weighted by molar-refractivity contribution is 7.89. The van der Waals surface area contributed by atoms with Gasteiger partial charge in [-0.25, -0.2) is 22.7 Å². The third-order valence-corrected chi connectivity index (χ3v) is 7.58. The molecule has 0 fully saturated rings. The highest BCUT2D eigenvalue weighted by Gasteiger charge is 2.26. The number of halogens is 1. The minimum atomic E-state index is -4.87. The molecule has 0 saturated heterocycles. The van der Waals surface area contributed by atoms with Crippen molar-refractivity contribution in [3.63, 3.8) is 0 Å². The standard InChI is InChI=1S/C26H27FN2O8S2/c27-39(34,35)23-13-11-20(12-14-23)17-28-38(32,33)16-15-24(25(30)36-18-21-7-3-1-4-8-21)29-26(31)37-19-22-9-5-2-6-10-22/h1-14,24,28H,15-19H2,(H,29,31). The number of esters is 1. The van der Waals surface area contributed by atoms with Gasteiger partial charge >= 0.3 is 22.3 Å². The summed E-state index contributed by atoms with van der Waals surface area (Å²) in [6, 6.07) is 20.9. The molecular weight excluding hydrogens is 551 g/mol. The van der Waals surface area contributed by atoms with E-state index in [-0.39, 0.29) is 26.2 Å². The molecule has 0 radical (unpaired) electrons. The van der Waals surface area contributed by atoms with E-state index in [1.807, 2.05) is 0 Å². The van der Waals surface area contributed by atoms with E-state index >= 15 is 0 Å². The lowest BCUT2D eigenvalue weighted by atomic mass is 10.2. The number of nitrogens with one attached hydrogen (secondary N) is 2. The number of alkyl carbamates (subject to hydrolysis) is 1. The number of carbonyl (C=O) groups excluding carboxylic acids is 2. The van der Waals surface area contributed by atoms with Gasteiger partial charge in [0.25, 0.3) is 0 Å². The quantitative estimate of drug-likeness (QED) is 0.232. The van der Waals surface area contributed by atoms with Crippen LogP contribution in [0.2, 0.25) is 0 Å². The Morgan fingerprint density at radius 2 is 1.28 bits per heavy atom. The molecule has 39 heavy (non-hydrogen) atoms. The van der Waals surface area contributed by atoms with E-state index < -0.39 is 49.0 Å². The SMILES string of the molecule is O=C(NC(CCS(=O)(=O)NCc1ccc(S(=O)(=O)F)cc1)C(=O)OCc1ccccc1)OCc1ccccc1. The fourth-order valence-corrected chi connectivity index (χ4v) is 4.83. The average molecular weight is 579 g/mol. The van der Waals surface area contributed by atoms with Gasteiger partial charge in [0, 0.05) is 6.54 Å². The molecule has 0 saturated carbocycles. The second-order valence-corrected chi connectivity index (χ2v) is 11.6. The Labute approximate surface area is 226 Å². The molecule has 0 aliphatic heterocycles. The largest absolute Gasteiger partial charge is 0.459 e. The van der Waals surface area contributed by atoms with Crippen LogP contribution in [-0.4, -0.2) is 40.7 Å². The molecule has 10 nitrogen and oxygen atoms in total. The summed E-state index contributed by atoms with van der Waals surface area (Å²) >= 11 is 0. The molecule has 3 aromatic carbocycles. The number of amides is 1. The zero-order valence-corrected chi connectivity index (χ0v) is 22.3. The van der Waals surface area contributed by atoms with Gasteiger partial charge in [-0.15, -0.1) is 3.89 Å². The van der Waals surface area contributed by atoms with E-state index in [2.05, 4.69) is 10.0 Å². The average Bonchev–Trinajstić information content (AvgIpc) is 2.92. The third kappa shape index (κ3) is 10.5. The topological polar surface area (TPSA) is 145 Å². The van der Waals surface area contributed by atoms with Crippen LogP contribution in [0.5, 0.6) is 0 Å². The van der Waals surface area contributed by atoms with Crippen molar-refractivity contribution in [1.29, 1.82) is 0 Å². The monoisotopic (exact) mass is 578 g/mol. The summed E-state index contributed by atoms with van der Waals surface area (Å²) in [5.41, 5.74) is 1.81. The maximum Gasteiger partial charge on any atom is 0.408 e. The van der Waals surface area contributed by atoms with Crippen molar-refractivity contribution in [3.8, 4) is 0 Å². The Hall–Kier alpha value is -3.81. The summed E-state index contributed by atoms with van der Waals surface area (Å²) < 4.78 is 72.8. The van der Waals surface area contributed by atoms with E-state index in [4.69, 9.17) is 9.47 Å². The number of ether oxygens (including phenoxy) is 2. The molecule has 0 aliphatic carbocycles. The van der Waals surface area contributed by atoms with Crippen molar-refractivity contribution in [2.24, 2.45) is 0 Å². The number of hydrogen-bond acceptors (Lipinski definition) is 8. The Balaban J connectivity index is 1.59. The Morgan fingerprint density at radius 1 is 0.744 bits per heavy atom. The normalized spacial score (nSPS) is 12.3. The molecule has 1 atom stereocenters. The molecule has 3 aromatic rings. The molecule has 0 spiro atoms. The molecule has 2 N–H and O–H groups in total. The maximum atomic E-state index is 13.0. The first kappa shape index (κ1) is 29.7. The maximum absolute atomic E-state index is 13.0. The number of rotatable bonds is 13. The van der Waals surface area contributed by atoms with Crippen molar-refractivity contribution < 1.29 is 39.8 Å². The Bertz CT molecular complexity index is 1450. The van der Waals surface area contributed by atoms with Gasteiger partial charge in [-0.05, 0) is 35.2 Å². The molecule has 0 aliphatic rings. The van der Waals surface area contributed by atoms with Gasteiger partial charge in [-0.2, -0.15) is 8.42 Å². The van der Waals surface area contributed by atoms with Crippen LogP contribution in [0.1, 0.15) is 23.1 Å². The Kier molecular flexibility index (Phi) is 10.5. The van der Waals surface area contributed by atoms with E-state index in [0.29, 0.717) is 11.1 Å². The lowest BCUT2D eigenvalue weighted by Gasteiger charge is -2.18. The molecular formula is C26H27FN2O8S2. The van der Waals surface area contributed by atoms with Gasteiger partial charge in [0.15, 0.2) is 0 Å². The number of carbonyl (C=O) groups is 2. The predicted octanol–water partition coefficient (Wildman–Crippen LogP) is 3.19. The van der Waals surface area contributed by atoms with E-state index in [1.165, 1.54) is 12.1 Å². The van der Waals surface area contributed by atoms with E-state index in [1.54, 1.807) is 60.7 Å². The van der Waals surface area contributed by atoms with Crippen molar-refractivity contribution in [2.45, 2.75) is 37.1 Å². The Morgan fingerprint density at radius 3 is 1.82 bits per heavy atom. The van der Waals surface area contributed by atoms with Crippen molar-refractivity contribution in [3.05, 3.63) is 102 Å². The molecule has 0 heterocycles. The third-order valence-electron chi connectivity index (χ3n) is 5.39. The molecule has 0 bridgehead atoms. The minimum Gasteiger partial charge on any atom is -0.459 e. The number of benzene rings is 3. The van der Waals surface area contributed by atoms with Gasteiger partial charge in [0.2, 0.25) is 10.0 Å². The smallest absolute Gasteiger partial charge is 0.408 e. The van der Waals surface area contributed by atoms with Gasteiger partial charge in [0.05, 0.1) is 10.6 Å². The molecule has 208 valence electrons. The zero-order chi connectivity index (χ0) is 28.3. The molecule has 0 aromatic heterocycles. The van der Waals surface area contributed by atoms with Gasteiger partial charge in [0.1, 0.15) is 19.3 Å². The van der Waals surface area contributed by atoms with E-state index in [0.717, 1.165) is 17.7 Å². The fraction of sp³-hybridized carbons (Fsp3) is 0.231. The van der Waals surface area contributed by atoms with Crippen molar-refractivity contribution >= 4 is 32.3 Å². The van der Waals surface area contributed by atoms with Crippen LogP contribution in [0, 0.1) is 0 Å². The lowest BCUT2D eigenvalue weighted by molar-refractivity contribution is -0.147. The minimum absolute atomic E-state index is 0.0548. The zero-order valence-electron chi connectivity index (χ0n) is 20.7. The highest BCUT2D eigenvalue weighted by Crippen LogP contribution is 2.13. The summed E-state index contributed by atoms with van der Waals surface area (Å²) in [5.74, 6) is -1.39. The van der Waals surface area contributed by atoms with Crippen LogP contribution in [0.15, 0.2) is 89.8 Å². The van der Waals surface area contributed by atoms with Crippen molar-refractivity contribution in [1.82, 2.24) is 10.0 Å². The summed E-state index contributed by atoms with van der Waals surface area (Å²) in [5, 5.41) is 2.37. The summed E-state index contributed by atoms with van der Waals surface area (Å²) in [6.45, 7) is -0.335. The second-order valence-electron chi connectivity index (χ2n) is 8.36. The van der Waals surface area contributed by atoms with Crippen LogP contribution >= 0.6 is 0 Å². The second kappa shape index (κ2) is 13.8. The van der Waals surface area contributed by atoms with E-state index in [9.17, 15) is 30.3 Å². The number of sulfonamides is 1. The molecule has 1 amide bonds. The fourth-order valence-electron chi connectivity index (χ4n) is 3.29. The summed E-state index contributed by atoms with van der Waals surface area (Å²) in [4.78, 5) is 24.6. The van der Waals surface area contributed by atoms with Crippen LogP contribution in [-0.2, 0) is 54.3 Å². The van der Waals surface area contributed by atoms with Gasteiger partial charge < -0.3 is 14.8 Å². The summed E-state index contributed by atoms with van der Waals surface area (Å²) in [6.07, 6.45) is -1.24. The highest BCUT2D eigenvalue weighted by atomic mass is 32.3. The van der Waals surface area contributed by atoms with Gasteiger partial charge in [-0.3, -0.25) is 0 Å². The molecule has 13 heteroatoms. The van der Waals surface area contributed by atoms with Gasteiger partial charge in [-0.1, -0.05) is 72.8 Å². The first-order chi connectivity index (χ1) is 18.5. The van der Waals surface area contributed by atoms with Crippen LogP contribution in [0.4, 0.5) is 8.68 Å². The molecule has 1 unspecified atom stereocenters. The van der Waals surface area contributed by atoms with Crippen molar-refractivity contribution in [2.75, 3.05) is 5.75 Å².